The number of carbonyl (C=O) groups excluding carboxylic acids is 1. The Hall–Kier alpha value is -3.32. The number of para-hydroxylation sites is 1. The molecule has 0 radical (unpaired) electrons. The number of anilines is 4. The van der Waals surface area contributed by atoms with Gasteiger partial charge in [0, 0.05) is 48.6 Å². The highest BCUT2D eigenvalue weighted by Gasteiger charge is 2.19. The number of halogens is 1. The van der Waals surface area contributed by atoms with E-state index >= 15 is 0 Å². The van der Waals surface area contributed by atoms with Gasteiger partial charge in [-0.2, -0.15) is 0 Å². The highest BCUT2D eigenvalue weighted by molar-refractivity contribution is 6.30. The van der Waals surface area contributed by atoms with Gasteiger partial charge in [0.1, 0.15) is 18.0 Å². The Kier molecular flexibility index (Phi) is 5.76. The molecule has 1 aliphatic rings. The van der Waals surface area contributed by atoms with Crippen molar-refractivity contribution >= 4 is 40.6 Å². The van der Waals surface area contributed by atoms with Crippen LogP contribution >= 0.6 is 11.6 Å². The van der Waals surface area contributed by atoms with Crippen LogP contribution in [0, 0.1) is 0 Å². The molecule has 0 atom stereocenters. The average Bonchev–Trinajstić information content (AvgIpc) is 2.76. The van der Waals surface area contributed by atoms with Crippen molar-refractivity contribution in [1.29, 1.82) is 0 Å². The number of rotatable bonds is 4. The summed E-state index contributed by atoms with van der Waals surface area (Å²) in [5.41, 5.74) is 1.88. The lowest BCUT2D eigenvalue weighted by Crippen LogP contribution is -2.46. The van der Waals surface area contributed by atoms with Gasteiger partial charge in [-0.15, -0.1) is 0 Å². The molecule has 7 nitrogen and oxygen atoms in total. The summed E-state index contributed by atoms with van der Waals surface area (Å²) in [6, 6.07) is 18.7. The third kappa shape index (κ3) is 4.94. The Morgan fingerprint density at radius 2 is 1.55 bits per heavy atom. The number of carbonyl (C=O) groups is 1. The maximum atomic E-state index is 12.2. The summed E-state index contributed by atoms with van der Waals surface area (Å²) >= 11 is 5.86. The minimum absolute atomic E-state index is 0.370. The van der Waals surface area contributed by atoms with Crippen molar-refractivity contribution in [1.82, 2.24) is 9.97 Å². The monoisotopic (exact) mass is 408 g/mol. The molecule has 0 aliphatic carbocycles. The Labute approximate surface area is 174 Å². The number of urea groups is 1. The standard InChI is InChI=1S/C21H21ClN6O/c22-16-6-8-17(9-7-16)25-21(29)26-19-14-20(24-15-23-19)28-12-10-27(11-13-28)18-4-2-1-3-5-18/h1-9,14-15H,10-13H2,(H2,23,24,25,26,29). The van der Waals surface area contributed by atoms with E-state index in [0.29, 0.717) is 16.5 Å². The van der Waals surface area contributed by atoms with Crippen LogP contribution in [0.25, 0.3) is 0 Å². The van der Waals surface area contributed by atoms with Gasteiger partial charge in [0.25, 0.3) is 0 Å². The summed E-state index contributed by atoms with van der Waals surface area (Å²) in [6.45, 7) is 3.52. The normalized spacial score (nSPS) is 13.8. The van der Waals surface area contributed by atoms with E-state index in [4.69, 9.17) is 11.6 Å². The number of hydrogen-bond donors (Lipinski definition) is 2. The average molecular weight is 409 g/mol. The molecule has 0 saturated carbocycles. The Morgan fingerprint density at radius 1 is 0.862 bits per heavy atom. The van der Waals surface area contributed by atoms with Gasteiger partial charge in [-0.3, -0.25) is 5.32 Å². The van der Waals surface area contributed by atoms with Crippen LogP contribution in [0.1, 0.15) is 0 Å². The van der Waals surface area contributed by atoms with Gasteiger partial charge in [0.2, 0.25) is 0 Å². The number of hydrogen-bond acceptors (Lipinski definition) is 5. The second kappa shape index (κ2) is 8.79. The van der Waals surface area contributed by atoms with Crippen molar-refractivity contribution in [3.05, 3.63) is 72.0 Å². The summed E-state index contributed by atoms with van der Waals surface area (Å²) in [5.74, 6) is 1.25. The molecule has 1 saturated heterocycles. The summed E-state index contributed by atoms with van der Waals surface area (Å²) in [6.07, 6.45) is 1.47. The van der Waals surface area contributed by atoms with Crippen molar-refractivity contribution < 1.29 is 4.79 Å². The van der Waals surface area contributed by atoms with Crippen LogP contribution < -0.4 is 20.4 Å². The van der Waals surface area contributed by atoms with Gasteiger partial charge in [-0.1, -0.05) is 29.8 Å². The van der Waals surface area contributed by atoms with Crippen molar-refractivity contribution in [2.24, 2.45) is 0 Å². The first-order chi connectivity index (χ1) is 14.2. The molecule has 0 unspecified atom stereocenters. The molecule has 2 N–H and O–H groups in total. The maximum absolute atomic E-state index is 12.2. The largest absolute Gasteiger partial charge is 0.368 e. The van der Waals surface area contributed by atoms with Gasteiger partial charge in [0.05, 0.1) is 0 Å². The lowest BCUT2D eigenvalue weighted by molar-refractivity contribution is 0.262. The van der Waals surface area contributed by atoms with Crippen molar-refractivity contribution in [3.63, 3.8) is 0 Å². The molecule has 0 bridgehead atoms. The van der Waals surface area contributed by atoms with Crippen LogP contribution in [0.3, 0.4) is 0 Å². The number of amides is 2. The first-order valence-electron chi connectivity index (χ1n) is 9.38. The lowest BCUT2D eigenvalue weighted by Gasteiger charge is -2.36. The summed E-state index contributed by atoms with van der Waals surface area (Å²) in [7, 11) is 0. The fourth-order valence-electron chi connectivity index (χ4n) is 3.23. The molecule has 1 aliphatic heterocycles. The van der Waals surface area contributed by atoms with E-state index in [0.717, 1.165) is 32.0 Å². The highest BCUT2D eigenvalue weighted by atomic mass is 35.5. The van der Waals surface area contributed by atoms with Gasteiger partial charge in [-0.25, -0.2) is 14.8 Å². The van der Waals surface area contributed by atoms with E-state index in [-0.39, 0.29) is 6.03 Å². The SMILES string of the molecule is O=C(Nc1ccc(Cl)cc1)Nc1cc(N2CCN(c3ccccc3)CC2)ncn1. The van der Waals surface area contributed by atoms with Crippen LogP contribution in [0.2, 0.25) is 5.02 Å². The number of piperazine rings is 1. The molecule has 1 fully saturated rings. The third-order valence-corrected chi connectivity index (χ3v) is 4.97. The lowest BCUT2D eigenvalue weighted by atomic mass is 10.2. The molecule has 2 heterocycles. The fourth-order valence-corrected chi connectivity index (χ4v) is 3.36. The van der Waals surface area contributed by atoms with Crippen LogP contribution in [0.15, 0.2) is 67.0 Å². The van der Waals surface area contributed by atoms with Crippen LogP contribution in [0.5, 0.6) is 0 Å². The van der Waals surface area contributed by atoms with Crippen molar-refractivity contribution in [3.8, 4) is 0 Å². The number of nitrogens with zero attached hydrogens (tertiary/aromatic N) is 4. The fraction of sp³-hybridized carbons (Fsp3) is 0.190. The molecule has 0 spiro atoms. The molecule has 4 rings (SSSR count). The van der Waals surface area contributed by atoms with Crippen molar-refractivity contribution in [2.75, 3.05) is 46.6 Å². The smallest absolute Gasteiger partial charge is 0.324 e. The Morgan fingerprint density at radius 3 is 2.28 bits per heavy atom. The second-order valence-electron chi connectivity index (χ2n) is 6.66. The summed E-state index contributed by atoms with van der Waals surface area (Å²) < 4.78 is 0. The zero-order chi connectivity index (χ0) is 20.1. The second-order valence-corrected chi connectivity index (χ2v) is 7.09. The van der Waals surface area contributed by atoms with Gasteiger partial charge >= 0.3 is 6.03 Å². The molecule has 2 aromatic carbocycles. The van der Waals surface area contributed by atoms with Gasteiger partial charge < -0.3 is 15.1 Å². The zero-order valence-electron chi connectivity index (χ0n) is 15.8. The van der Waals surface area contributed by atoms with E-state index in [9.17, 15) is 4.79 Å². The Balaban J connectivity index is 1.35. The van der Waals surface area contributed by atoms with E-state index in [1.807, 2.05) is 6.07 Å². The number of nitrogens with one attached hydrogen (secondary N) is 2. The Bertz CT molecular complexity index is 958. The highest BCUT2D eigenvalue weighted by Crippen LogP contribution is 2.20. The number of benzene rings is 2. The molecular weight excluding hydrogens is 388 g/mol. The van der Waals surface area contributed by atoms with Gasteiger partial charge in [-0.05, 0) is 36.4 Å². The maximum Gasteiger partial charge on any atom is 0.324 e. The number of aromatic nitrogens is 2. The van der Waals surface area contributed by atoms with E-state index < -0.39 is 0 Å². The quantitative estimate of drug-likeness (QED) is 0.679. The molecule has 1 aromatic heterocycles. The predicted molar refractivity (Wildman–Crippen MR) is 117 cm³/mol. The zero-order valence-corrected chi connectivity index (χ0v) is 16.5. The molecule has 2 amide bonds. The molecule has 29 heavy (non-hydrogen) atoms. The van der Waals surface area contributed by atoms with Crippen LogP contribution in [-0.4, -0.2) is 42.2 Å². The first kappa shape index (κ1) is 19.0. The third-order valence-electron chi connectivity index (χ3n) is 4.72. The molecular formula is C21H21ClN6O. The molecule has 3 aromatic rings. The van der Waals surface area contributed by atoms with E-state index in [2.05, 4.69) is 54.7 Å². The molecule has 8 heteroatoms. The minimum Gasteiger partial charge on any atom is -0.368 e. The van der Waals surface area contributed by atoms with Crippen molar-refractivity contribution in [2.45, 2.75) is 0 Å². The predicted octanol–water partition coefficient (Wildman–Crippen LogP) is 4.10. The topological polar surface area (TPSA) is 73.4 Å². The van der Waals surface area contributed by atoms with Crippen LogP contribution in [0.4, 0.5) is 27.8 Å². The summed E-state index contributed by atoms with van der Waals surface area (Å²) in [4.78, 5) is 25.3. The van der Waals surface area contributed by atoms with E-state index in [1.165, 1.54) is 12.0 Å². The van der Waals surface area contributed by atoms with E-state index in [1.54, 1.807) is 30.3 Å². The summed E-state index contributed by atoms with van der Waals surface area (Å²) in [5, 5.41) is 6.11. The van der Waals surface area contributed by atoms with Gasteiger partial charge in [0.15, 0.2) is 0 Å². The first-order valence-corrected chi connectivity index (χ1v) is 9.76. The minimum atomic E-state index is -0.370. The molecule has 148 valence electrons. The van der Waals surface area contributed by atoms with Crippen LogP contribution in [-0.2, 0) is 0 Å².